The van der Waals surface area contributed by atoms with Crippen LogP contribution in [0, 0.1) is 5.92 Å². The SMILES string of the molecule is Cl.Cn1cnnc1-c1cccc(NC(=O)C2CCNC2)c1. The summed E-state index contributed by atoms with van der Waals surface area (Å²) < 4.78 is 1.85. The summed E-state index contributed by atoms with van der Waals surface area (Å²) in [7, 11) is 1.89. The van der Waals surface area contributed by atoms with Crippen LogP contribution in [0.2, 0.25) is 0 Å². The van der Waals surface area contributed by atoms with E-state index >= 15 is 0 Å². The van der Waals surface area contributed by atoms with Gasteiger partial charge < -0.3 is 15.2 Å². The fraction of sp³-hybridized carbons (Fsp3) is 0.357. The monoisotopic (exact) mass is 307 g/mol. The number of rotatable bonds is 3. The van der Waals surface area contributed by atoms with Gasteiger partial charge in [0, 0.05) is 24.8 Å². The van der Waals surface area contributed by atoms with Gasteiger partial charge >= 0.3 is 0 Å². The highest BCUT2D eigenvalue weighted by Gasteiger charge is 2.22. The van der Waals surface area contributed by atoms with Crippen LogP contribution >= 0.6 is 12.4 Å². The third kappa shape index (κ3) is 3.40. The number of benzene rings is 1. The lowest BCUT2D eigenvalue weighted by Gasteiger charge is -2.10. The van der Waals surface area contributed by atoms with Crippen LogP contribution in [0.5, 0.6) is 0 Å². The fourth-order valence-corrected chi connectivity index (χ4v) is 2.40. The summed E-state index contributed by atoms with van der Waals surface area (Å²) in [5, 5.41) is 14.1. The first-order chi connectivity index (χ1) is 9.74. The molecule has 1 unspecified atom stereocenters. The van der Waals surface area contributed by atoms with Gasteiger partial charge in [0.15, 0.2) is 5.82 Å². The van der Waals surface area contributed by atoms with E-state index < -0.39 is 0 Å². The Morgan fingerprint density at radius 2 is 2.33 bits per heavy atom. The second-order valence-corrected chi connectivity index (χ2v) is 5.03. The Bertz CT molecular complexity index is 621. The summed E-state index contributed by atoms with van der Waals surface area (Å²) in [5.41, 5.74) is 1.73. The van der Waals surface area contributed by atoms with Crippen LogP contribution in [-0.2, 0) is 11.8 Å². The second kappa shape index (κ2) is 6.69. The van der Waals surface area contributed by atoms with Crippen molar-refractivity contribution in [1.29, 1.82) is 0 Å². The van der Waals surface area contributed by atoms with Crippen LogP contribution in [0.25, 0.3) is 11.4 Å². The molecule has 1 aromatic heterocycles. The van der Waals surface area contributed by atoms with Gasteiger partial charge in [-0.1, -0.05) is 12.1 Å². The fourth-order valence-electron chi connectivity index (χ4n) is 2.40. The van der Waals surface area contributed by atoms with Gasteiger partial charge in [-0.2, -0.15) is 0 Å². The van der Waals surface area contributed by atoms with E-state index in [2.05, 4.69) is 20.8 Å². The summed E-state index contributed by atoms with van der Waals surface area (Å²) in [6.07, 6.45) is 2.56. The molecule has 1 aliphatic heterocycles. The maximum Gasteiger partial charge on any atom is 0.228 e. The molecule has 0 spiro atoms. The summed E-state index contributed by atoms with van der Waals surface area (Å²) in [5.74, 6) is 0.919. The highest BCUT2D eigenvalue weighted by atomic mass is 35.5. The number of halogens is 1. The Balaban J connectivity index is 0.00000161. The molecular weight excluding hydrogens is 290 g/mol. The summed E-state index contributed by atoms with van der Waals surface area (Å²) in [6, 6.07) is 7.67. The minimum atomic E-state index is 0. The van der Waals surface area contributed by atoms with Gasteiger partial charge in [0.25, 0.3) is 0 Å². The number of nitrogens with one attached hydrogen (secondary N) is 2. The van der Waals surface area contributed by atoms with Gasteiger partial charge in [-0.05, 0) is 25.1 Å². The van der Waals surface area contributed by atoms with E-state index in [0.29, 0.717) is 0 Å². The molecule has 1 fully saturated rings. The number of hydrogen-bond donors (Lipinski definition) is 2. The Kier molecular flexibility index (Phi) is 4.93. The van der Waals surface area contributed by atoms with Crippen molar-refractivity contribution in [2.24, 2.45) is 13.0 Å². The Hall–Kier alpha value is -1.92. The van der Waals surface area contributed by atoms with E-state index in [1.165, 1.54) is 0 Å². The van der Waals surface area contributed by atoms with E-state index in [1.54, 1.807) is 6.33 Å². The molecular formula is C14H18ClN5O. The standard InChI is InChI=1S/C14H17N5O.ClH/c1-19-9-16-18-13(19)10-3-2-4-12(7-10)17-14(20)11-5-6-15-8-11;/h2-4,7,9,11,15H,5-6,8H2,1H3,(H,17,20);1H. The molecule has 1 atom stereocenters. The molecule has 7 heteroatoms. The molecule has 2 heterocycles. The van der Waals surface area contributed by atoms with Crippen LogP contribution in [0.1, 0.15) is 6.42 Å². The largest absolute Gasteiger partial charge is 0.326 e. The number of hydrogen-bond acceptors (Lipinski definition) is 4. The van der Waals surface area contributed by atoms with Crippen LogP contribution in [-0.4, -0.2) is 33.8 Å². The molecule has 2 N–H and O–H groups in total. The molecule has 1 amide bonds. The topological polar surface area (TPSA) is 71.8 Å². The molecule has 0 aliphatic carbocycles. The van der Waals surface area contributed by atoms with E-state index in [-0.39, 0.29) is 24.2 Å². The third-order valence-corrected chi connectivity index (χ3v) is 3.53. The number of anilines is 1. The average molecular weight is 308 g/mol. The zero-order valence-electron chi connectivity index (χ0n) is 11.7. The normalized spacial score (nSPS) is 17.3. The first-order valence-electron chi connectivity index (χ1n) is 6.70. The Morgan fingerprint density at radius 3 is 3.00 bits per heavy atom. The van der Waals surface area contributed by atoms with Crippen LogP contribution in [0.15, 0.2) is 30.6 Å². The average Bonchev–Trinajstić information content (AvgIpc) is 3.10. The predicted octanol–water partition coefficient (Wildman–Crippen LogP) is 1.45. The van der Waals surface area contributed by atoms with Crippen molar-refractivity contribution in [3.05, 3.63) is 30.6 Å². The maximum absolute atomic E-state index is 12.1. The molecule has 2 aromatic rings. The summed E-state index contributed by atoms with van der Waals surface area (Å²) in [4.78, 5) is 12.1. The predicted molar refractivity (Wildman–Crippen MR) is 83.3 cm³/mol. The van der Waals surface area contributed by atoms with Gasteiger partial charge in [-0.25, -0.2) is 0 Å². The molecule has 1 aromatic carbocycles. The van der Waals surface area contributed by atoms with Crippen LogP contribution in [0.3, 0.4) is 0 Å². The number of nitrogens with zero attached hydrogens (tertiary/aromatic N) is 3. The van der Waals surface area contributed by atoms with Gasteiger partial charge in [0.2, 0.25) is 5.91 Å². The van der Waals surface area contributed by atoms with Crippen LogP contribution in [0.4, 0.5) is 5.69 Å². The Morgan fingerprint density at radius 1 is 1.48 bits per heavy atom. The van der Waals surface area contributed by atoms with Crippen molar-refractivity contribution in [2.75, 3.05) is 18.4 Å². The highest BCUT2D eigenvalue weighted by Crippen LogP contribution is 2.21. The van der Waals surface area contributed by atoms with Crippen molar-refractivity contribution in [1.82, 2.24) is 20.1 Å². The lowest BCUT2D eigenvalue weighted by Crippen LogP contribution is -2.24. The summed E-state index contributed by atoms with van der Waals surface area (Å²) >= 11 is 0. The van der Waals surface area contributed by atoms with Crippen molar-refractivity contribution in [3.8, 4) is 11.4 Å². The van der Waals surface area contributed by atoms with Crippen molar-refractivity contribution in [3.63, 3.8) is 0 Å². The van der Waals surface area contributed by atoms with Crippen molar-refractivity contribution >= 4 is 24.0 Å². The van der Waals surface area contributed by atoms with Gasteiger partial charge in [0.05, 0.1) is 5.92 Å². The number of aryl methyl sites for hydroxylation is 1. The van der Waals surface area contributed by atoms with Crippen molar-refractivity contribution in [2.45, 2.75) is 6.42 Å². The summed E-state index contributed by atoms with van der Waals surface area (Å²) in [6.45, 7) is 1.67. The van der Waals surface area contributed by atoms with E-state index in [0.717, 1.165) is 36.6 Å². The molecule has 6 nitrogen and oxygen atoms in total. The number of carbonyl (C=O) groups is 1. The molecule has 0 bridgehead atoms. The van der Waals surface area contributed by atoms with E-state index in [1.807, 2.05) is 35.9 Å². The van der Waals surface area contributed by atoms with Gasteiger partial charge in [0.1, 0.15) is 6.33 Å². The van der Waals surface area contributed by atoms with E-state index in [9.17, 15) is 4.79 Å². The molecule has 21 heavy (non-hydrogen) atoms. The molecule has 112 valence electrons. The highest BCUT2D eigenvalue weighted by molar-refractivity contribution is 5.93. The van der Waals surface area contributed by atoms with Gasteiger partial charge in [-0.3, -0.25) is 4.79 Å². The minimum Gasteiger partial charge on any atom is -0.326 e. The number of carbonyl (C=O) groups excluding carboxylic acids is 1. The smallest absolute Gasteiger partial charge is 0.228 e. The second-order valence-electron chi connectivity index (χ2n) is 5.03. The molecule has 0 saturated carbocycles. The first kappa shape index (κ1) is 15.5. The third-order valence-electron chi connectivity index (χ3n) is 3.53. The van der Waals surface area contributed by atoms with Crippen LogP contribution < -0.4 is 10.6 Å². The Labute approximate surface area is 129 Å². The minimum absolute atomic E-state index is 0. The molecule has 1 aliphatic rings. The van der Waals surface area contributed by atoms with E-state index in [4.69, 9.17) is 0 Å². The zero-order valence-corrected chi connectivity index (χ0v) is 12.6. The molecule has 0 radical (unpaired) electrons. The lowest BCUT2D eigenvalue weighted by atomic mass is 10.1. The number of aromatic nitrogens is 3. The quantitative estimate of drug-likeness (QED) is 0.900. The number of amides is 1. The molecule has 1 saturated heterocycles. The zero-order chi connectivity index (χ0) is 13.9. The molecule has 3 rings (SSSR count). The van der Waals surface area contributed by atoms with Crippen molar-refractivity contribution < 1.29 is 4.79 Å². The lowest BCUT2D eigenvalue weighted by molar-refractivity contribution is -0.119. The maximum atomic E-state index is 12.1. The van der Waals surface area contributed by atoms with Gasteiger partial charge in [-0.15, -0.1) is 22.6 Å². The first-order valence-corrected chi connectivity index (χ1v) is 6.70.